The van der Waals surface area contributed by atoms with Crippen LogP contribution >= 0.6 is 0 Å². The number of nitrogens with one attached hydrogen (secondary N) is 1. The van der Waals surface area contributed by atoms with Crippen LogP contribution < -0.4 is 10.1 Å². The summed E-state index contributed by atoms with van der Waals surface area (Å²) in [6.07, 6.45) is 1.33. The molecule has 138 valence electrons. The molecule has 0 bridgehead atoms. The zero-order chi connectivity index (χ0) is 18.5. The van der Waals surface area contributed by atoms with Gasteiger partial charge in [0.2, 0.25) is 0 Å². The largest absolute Gasteiger partial charge is 0.481 e. The molecule has 1 saturated heterocycles. The molecule has 3 aromatic rings. The van der Waals surface area contributed by atoms with Gasteiger partial charge in [-0.1, -0.05) is 30.3 Å². The summed E-state index contributed by atoms with van der Waals surface area (Å²) in [5.41, 5.74) is 2.53. The number of ether oxygens (including phenoxy) is 2. The minimum absolute atomic E-state index is 0.109. The Hall–Kier alpha value is -2.76. The molecule has 1 N–H and O–H groups in total. The zero-order valence-electron chi connectivity index (χ0n) is 14.8. The van der Waals surface area contributed by atoms with E-state index in [9.17, 15) is 4.39 Å². The first-order chi connectivity index (χ1) is 13.3. The third-order valence-electron chi connectivity index (χ3n) is 4.56. The second-order valence-corrected chi connectivity index (χ2v) is 6.42. The number of benzene rings is 2. The summed E-state index contributed by atoms with van der Waals surface area (Å²) in [4.78, 5) is 4.47. The molecule has 2 heterocycles. The molecule has 4 nitrogen and oxygen atoms in total. The molecule has 2 atom stereocenters. The molecule has 1 aromatic heterocycles. The Morgan fingerprint density at radius 3 is 2.59 bits per heavy atom. The van der Waals surface area contributed by atoms with Crippen molar-refractivity contribution < 1.29 is 13.9 Å². The molecular weight excluding hydrogens is 343 g/mol. The van der Waals surface area contributed by atoms with Gasteiger partial charge in [0.1, 0.15) is 23.4 Å². The topological polar surface area (TPSA) is 43.4 Å². The number of nitrogens with zero attached hydrogens (tertiary/aromatic N) is 1. The quantitative estimate of drug-likeness (QED) is 0.743. The van der Waals surface area contributed by atoms with Crippen LogP contribution in [0.3, 0.4) is 0 Å². The molecule has 0 aliphatic carbocycles. The Morgan fingerprint density at radius 1 is 1.04 bits per heavy atom. The number of morpholine rings is 1. The van der Waals surface area contributed by atoms with E-state index >= 15 is 0 Å². The Kier molecular flexibility index (Phi) is 5.42. The molecule has 4 rings (SSSR count). The van der Waals surface area contributed by atoms with Gasteiger partial charge in [-0.3, -0.25) is 4.98 Å². The smallest absolute Gasteiger partial charge is 0.151 e. The number of halogens is 1. The first-order valence-electron chi connectivity index (χ1n) is 9.06. The van der Waals surface area contributed by atoms with E-state index in [1.807, 2.05) is 42.5 Å². The molecule has 0 radical (unpaired) electrons. The highest BCUT2D eigenvalue weighted by atomic mass is 19.1. The highest BCUT2D eigenvalue weighted by Gasteiger charge is 2.28. The van der Waals surface area contributed by atoms with Crippen molar-refractivity contribution in [1.29, 1.82) is 0 Å². The molecular formula is C22H21FN2O2. The second kappa shape index (κ2) is 8.29. The Balaban J connectivity index is 1.68. The molecule has 1 aliphatic rings. The maximum Gasteiger partial charge on any atom is 0.151 e. The Bertz CT molecular complexity index is 865. The van der Waals surface area contributed by atoms with E-state index in [4.69, 9.17) is 9.47 Å². The first-order valence-corrected chi connectivity index (χ1v) is 9.06. The third-order valence-corrected chi connectivity index (χ3v) is 4.56. The monoisotopic (exact) mass is 364 g/mol. The van der Waals surface area contributed by atoms with Crippen LogP contribution in [0.5, 0.6) is 5.75 Å². The number of hydrogen-bond acceptors (Lipinski definition) is 4. The van der Waals surface area contributed by atoms with Crippen LogP contribution in [0.4, 0.5) is 4.39 Å². The lowest BCUT2D eigenvalue weighted by atomic mass is 10.0. The normalized spacial score (nSPS) is 18.0. The van der Waals surface area contributed by atoms with Crippen molar-refractivity contribution in [3.63, 3.8) is 0 Å². The van der Waals surface area contributed by atoms with Crippen molar-refractivity contribution in [3.05, 3.63) is 84.3 Å². The summed E-state index contributed by atoms with van der Waals surface area (Å²) in [6.45, 7) is 2.20. The van der Waals surface area contributed by atoms with Crippen LogP contribution in [0.1, 0.15) is 11.7 Å². The summed E-state index contributed by atoms with van der Waals surface area (Å²) in [5.74, 6) is 0.369. The molecule has 1 aliphatic heterocycles. The molecule has 1 fully saturated rings. The highest BCUT2D eigenvalue weighted by molar-refractivity contribution is 5.66. The lowest BCUT2D eigenvalue weighted by Gasteiger charge is -2.32. The Labute approximate surface area is 158 Å². The van der Waals surface area contributed by atoms with Crippen LogP contribution in [0.15, 0.2) is 72.9 Å². The van der Waals surface area contributed by atoms with Crippen molar-refractivity contribution in [3.8, 4) is 17.0 Å². The number of hydrogen-bond donors (Lipinski definition) is 1. The van der Waals surface area contributed by atoms with Gasteiger partial charge >= 0.3 is 0 Å². The Morgan fingerprint density at radius 2 is 1.85 bits per heavy atom. The molecule has 1 unspecified atom stereocenters. The molecule has 27 heavy (non-hydrogen) atoms. The number of rotatable bonds is 5. The van der Waals surface area contributed by atoms with E-state index < -0.39 is 0 Å². The van der Waals surface area contributed by atoms with Crippen molar-refractivity contribution in [2.24, 2.45) is 0 Å². The summed E-state index contributed by atoms with van der Waals surface area (Å²) in [7, 11) is 0. The predicted octanol–water partition coefficient (Wildman–Crippen LogP) is 4.00. The highest BCUT2D eigenvalue weighted by Crippen LogP contribution is 2.33. The average Bonchev–Trinajstić information content (AvgIpc) is 2.74. The third kappa shape index (κ3) is 4.15. The van der Waals surface area contributed by atoms with Gasteiger partial charge in [-0.15, -0.1) is 0 Å². The van der Waals surface area contributed by atoms with E-state index in [1.54, 1.807) is 18.3 Å². The van der Waals surface area contributed by atoms with E-state index in [0.29, 0.717) is 24.6 Å². The van der Waals surface area contributed by atoms with Gasteiger partial charge in [0.15, 0.2) is 6.10 Å². The van der Waals surface area contributed by atoms with E-state index in [1.165, 1.54) is 12.1 Å². The fourth-order valence-corrected chi connectivity index (χ4v) is 3.23. The van der Waals surface area contributed by atoms with Crippen molar-refractivity contribution >= 4 is 0 Å². The fraction of sp³-hybridized carbons (Fsp3) is 0.227. The van der Waals surface area contributed by atoms with E-state index in [0.717, 1.165) is 17.7 Å². The maximum atomic E-state index is 13.3. The van der Waals surface area contributed by atoms with Crippen molar-refractivity contribution in [2.75, 3.05) is 19.7 Å². The summed E-state index contributed by atoms with van der Waals surface area (Å²) in [5, 5.41) is 3.36. The van der Waals surface area contributed by atoms with Gasteiger partial charge in [0.05, 0.1) is 6.61 Å². The molecule has 0 amide bonds. The van der Waals surface area contributed by atoms with Gasteiger partial charge in [-0.25, -0.2) is 4.39 Å². The predicted molar refractivity (Wildman–Crippen MR) is 102 cm³/mol. The summed E-state index contributed by atoms with van der Waals surface area (Å²) in [6, 6.07) is 20.0. The fourth-order valence-electron chi connectivity index (χ4n) is 3.23. The number of aromatic nitrogens is 1. The lowest BCUT2D eigenvalue weighted by Crippen LogP contribution is -2.43. The lowest BCUT2D eigenvalue weighted by molar-refractivity contribution is -0.0431. The molecule has 0 saturated carbocycles. The van der Waals surface area contributed by atoms with Crippen LogP contribution in [-0.4, -0.2) is 30.8 Å². The minimum Gasteiger partial charge on any atom is -0.481 e. The van der Waals surface area contributed by atoms with Crippen LogP contribution in [0.25, 0.3) is 11.3 Å². The van der Waals surface area contributed by atoms with Crippen LogP contribution in [0.2, 0.25) is 0 Å². The van der Waals surface area contributed by atoms with Gasteiger partial charge in [0, 0.05) is 24.8 Å². The summed E-state index contributed by atoms with van der Waals surface area (Å²) < 4.78 is 25.7. The van der Waals surface area contributed by atoms with Crippen LogP contribution in [0, 0.1) is 5.82 Å². The second-order valence-electron chi connectivity index (χ2n) is 6.42. The number of pyridine rings is 1. The minimum atomic E-state index is -0.277. The first kappa shape index (κ1) is 17.6. The standard InChI is InChI=1S/C22H21FN2O2/c23-18-10-8-16(9-11-18)21-19(7-4-12-25-21)27-22(17-5-2-1-3-6-17)20-15-24-13-14-26-20/h1-12,20,22,24H,13-15H2/t20-,22?/m0/s1. The van der Waals surface area contributed by atoms with Gasteiger partial charge in [-0.2, -0.15) is 0 Å². The summed E-state index contributed by atoms with van der Waals surface area (Å²) >= 11 is 0. The van der Waals surface area contributed by atoms with E-state index in [2.05, 4.69) is 10.3 Å². The zero-order valence-corrected chi connectivity index (χ0v) is 14.8. The SMILES string of the molecule is Fc1ccc(-c2ncccc2OC(c2ccccc2)[C@@H]2CNCCO2)cc1. The van der Waals surface area contributed by atoms with Gasteiger partial charge in [-0.05, 0) is 42.0 Å². The molecule has 5 heteroatoms. The maximum absolute atomic E-state index is 13.3. The van der Waals surface area contributed by atoms with Gasteiger partial charge < -0.3 is 14.8 Å². The van der Waals surface area contributed by atoms with Crippen LogP contribution in [-0.2, 0) is 4.74 Å². The van der Waals surface area contributed by atoms with Crippen molar-refractivity contribution in [2.45, 2.75) is 12.2 Å². The van der Waals surface area contributed by atoms with E-state index in [-0.39, 0.29) is 18.0 Å². The molecule has 2 aromatic carbocycles. The van der Waals surface area contributed by atoms with Gasteiger partial charge in [0.25, 0.3) is 0 Å². The average molecular weight is 364 g/mol. The van der Waals surface area contributed by atoms with Crippen molar-refractivity contribution in [1.82, 2.24) is 10.3 Å². The molecule has 0 spiro atoms.